The molecule has 0 spiro atoms. The van der Waals surface area contributed by atoms with Gasteiger partial charge in [-0.05, 0) is 39.5 Å². The largest absolute Gasteiger partial charge is 0.454 e. The lowest BCUT2D eigenvalue weighted by Gasteiger charge is -2.16. The molecule has 1 aromatic rings. The topological polar surface area (TPSA) is 64.7 Å². The van der Waals surface area contributed by atoms with E-state index in [1.54, 1.807) is 0 Å². The summed E-state index contributed by atoms with van der Waals surface area (Å²) in [5.74, 6) is 1.37. The van der Waals surface area contributed by atoms with Gasteiger partial charge < -0.3 is 20.3 Å². The van der Waals surface area contributed by atoms with Crippen LogP contribution in [0, 0.1) is 0 Å². The number of ether oxygens (including phenoxy) is 2. The highest BCUT2D eigenvalue weighted by atomic mass is 79.9. The van der Waals surface area contributed by atoms with Crippen LogP contribution in [0.1, 0.15) is 24.2 Å². The van der Waals surface area contributed by atoms with Crippen LogP contribution >= 0.6 is 15.9 Å². The van der Waals surface area contributed by atoms with Gasteiger partial charge >= 0.3 is 0 Å². The van der Waals surface area contributed by atoms with Gasteiger partial charge in [0.25, 0.3) is 0 Å². The number of hydrogen-bond donors (Lipinski definition) is 2. The second kappa shape index (κ2) is 4.61. The van der Waals surface area contributed by atoms with Crippen molar-refractivity contribution in [1.29, 1.82) is 0 Å². The fourth-order valence-electron chi connectivity index (χ4n) is 1.84. The molecule has 1 aliphatic rings. The van der Waals surface area contributed by atoms with Crippen molar-refractivity contribution in [2.45, 2.75) is 19.4 Å². The molecule has 0 aliphatic carbocycles. The summed E-state index contributed by atoms with van der Waals surface area (Å²) in [6, 6.07) is 1.81. The number of rotatable bonds is 3. The molecule has 1 aromatic carbocycles. The van der Waals surface area contributed by atoms with Crippen molar-refractivity contribution in [2.75, 3.05) is 13.3 Å². The van der Waals surface area contributed by atoms with Crippen LogP contribution in [-0.4, -0.2) is 18.4 Å². The van der Waals surface area contributed by atoms with E-state index in [-0.39, 0.29) is 13.3 Å². The van der Waals surface area contributed by atoms with E-state index in [0.29, 0.717) is 11.5 Å². The lowest BCUT2D eigenvalue weighted by Crippen LogP contribution is -2.13. The highest BCUT2D eigenvalue weighted by Gasteiger charge is 2.24. The number of halogens is 1. The van der Waals surface area contributed by atoms with E-state index in [1.165, 1.54) is 0 Å². The van der Waals surface area contributed by atoms with Gasteiger partial charge in [0.2, 0.25) is 6.79 Å². The number of fused-ring (bicyclic) bond motifs is 1. The Morgan fingerprint density at radius 1 is 1.56 bits per heavy atom. The zero-order valence-electron chi connectivity index (χ0n) is 9.00. The molecule has 2 rings (SSSR count). The van der Waals surface area contributed by atoms with Gasteiger partial charge in [0.15, 0.2) is 11.5 Å². The maximum Gasteiger partial charge on any atom is 0.231 e. The van der Waals surface area contributed by atoms with Crippen LogP contribution in [0.25, 0.3) is 0 Å². The van der Waals surface area contributed by atoms with Crippen molar-refractivity contribution in [3.63, 3.8) is 0 Å². The summed E-state index contributed by atoms with van der Waals surface area (Å²) >= 11 is 3.48. The van der Waals surface area contributed by atoms with Gasteiger partial charge in [-0.15, -0.1) is 0 Å². The Bertz CT molecular complexity index is 409. The summed E-state index contributed by atoms with van der Waals surface area (Å²) < 4.78 is 11.5. The second-order valence-electron chi connectivity index (χ2n) is 3.60. The maximum absolute atomic E-state index is 9.85. The fraction of sp³-hybridized carbons (Fsp3) is 0.455. The lowest BCUT2D eigenvalue weighted by molar-refractivity contribution is 0.172. The minimum Gasteiger partial charge on any atom is -0.454 e. The van der Waals surface area contributed by atoms with Gasteiger partial charge in [-0.2, -0.15) is 0 Å². The average Bonchev–Trinajstić information content (AvgIpc) is 2.76. The molecule has 1 atom stereocenters. The van der Waals surface area contributed by atoms with Crippen LogP contribution in [0.5, 0.6) is 11.5 Å². The Hall–Kier alpha value is -0.780. The van der Waals surface area contributed by atoms with E-state index in [0.717, 1.165) is 22.0 Å². The van der Waals surface area contributed by atoms with Crippen molar-refractivity contribution in [3.05, 3.63) is 21.7 Å². The van der Waals surface area contributed by atoms with E-state index in [1.807, 2.05) is 13.0 Å². The third-order valence-corrected chi connectivity index (χ3v) is 3.52. The fourth-order valence-corrected chi connectivity index (χ4v) is 2.66. The van der Waals surface area contributed by atoms with Crippen molar-refractivity contribution in [3.8, 4) is 11.5 Å². The number of aliphatic hydroxyl groups is 1. The van der Waals surface area contributed by atoms with Crippen molar-refractivity contribution in [2.24, 2.45) is 5.73 Å². The van der Waals surface area contributed by atoms with Gasteiger partial charge in [0, 0.05) is 6.54 Å². The molecule has 0 bridgehead atoms. The molecule has 16 heavy (non-hydrogen) atoms. The van der Waals surface area contributed by atoms with Crippen molar-refractivity contribution >= 4 is 15.9 Å². The van der Waals surface area contributed by atoms with Crippen LogP contribution in [0.4, 0.5) is 0 Å². The first-order valence-corrected chi connectivity index (χ1v) is 5.97. The summed E-state index contributed by atoms with van der Waals surface area (Å²) in [4.78, 5) is 0. The Labute approximate surface area is 102 Å². The van der Waals surface area contributed by atoms with Gasteiger partial charge in [-0.3, -0.25) is 0 Å². The maximum atomic E-state index is 9.85. The molecule has 0 saturated heterocycles. The quantitative estimate of drug-likeness (QED) is 0.889. The third kappa shape index (κ3) is 1.79. The second-order valence-corrected chi connectivity index (χ2v) is 4.39. The van der Waals surface area contributed by atoms with Crippen molar-refractivity contribution < 1.29 is 14.6 Å². The Balaban J connectivity index is 2.56. The predicted octanol–water partition coefficient (Wildman–Crippen LogP) is 1.73. The van der Waals surface area contributed by atoms with Gasteiger partial charge in [0.05, 0.1) is 10.6 Å². The molecule has 0 saturated carbocycles. The molecule has 1 aliphatic heterocycles. The van der Waals surface area contributed by atoms with Crippen LogP contribution in [0.3, 0.4) is 0 Å². The average molecular weight is 288 g/mol. The van der Waals surface area contributed by atoms with E-state index in [2.05, 4.69) is 15.9 Å². The summed E-state index contributed by atoms with van der Waals surface area (Å²) in [7, 11) is 0. The van der Waals surface area contributed by atoms with Crippen LogP contribution in [-0.2, 0) is 6.42 Å². The first-order valence-electron chi connectivity index (χ1n) is 5.18. The standard InChI is InChI=1S/C11H14BrNO3/c1-2-6-7(8(14)4-13)3-9-11(10(6)12)16-5-15-9/h3,8,14H,2,4-5,13H2,1H3. The first kappa shape index (κ1) is 11.7. The zero-order valence-corrected chi connectivity index (χ0v) is 10.6. The summed E-state index contributed by atoms with van der Waals surface area (Å²) in [5.41, 5.74) is 7.31. The molecule has 0 radical (unpaired) electrons. The molecule has 5 heteroatoms. The van der Waals surface area contributed by atoms with E-state index in [9.17, 15) is 5.11 Å². The summed E-state index contributed by atoms with van der Waals surface area (Å²) in [5, 5.41) is 9.85. The molecule has 0 aromatic heterocycles. The molecular weight excluding hydrogens is 274 g/mol. The van der Waals surface area contributed by atoms with Crippen LogP contribution in [0.15, 0.2) is 10.5 Å². The third-order valence-electron chi connectivity index (χ3n) is 2.68. The number of nitrogens with two attached hydrogens (primary N) is 1. The summed E-state index contributed by atoms with van der Waals surface area (Å²) in [6.45, 7) is 2.44. The first-order chi connectivity index (χ1) is 7.69. The Morgan fingerprint density at radius 2 is 2.31 bits per heavy atom. The Kier molecular flexibility index (Phi) is 3.37. The molecular formula is C11H14BrNO3. The minimum atomic E-state index is -0.666. The Morgan fingerprint density at radius 3 is 2.94 bits per heavy atom. The molecule has 1 unspecified atom stereocenters. The smallest absolute Gasteiger partial charge is 0.231 e. The molecule has 4 nitrogen and oxygen atoms in total. The van der Waals surface area contributed by atoms with Gasteiger partial charge in [-0.1, -0.05) is 6.92 Å². The van der Waals surface area contributed by atoms with E-state index in [4.69, 9.17) is 15.2 Å². The molecule has 88 valence electrons. The zero-order chi connectivity index (χ0) is 11.7. The monoisotopic (exact) mass is 287 g/mol. The molecule has 0 amide bonds. The van der Waals surface area contributed by atoms with Crippen molar-refractivity contribution in [1.82, 2.24) is 0 Å². The minimum absolute atomic E-state index is 0.194. The van der Waals surface area contributed by atoms with E-state index >= 15 is 0 Å². The molecule has 3 N–H and O–H groups in total. The SMILES string of the molecule is CCc1c(C(O)CN)cc2c(c1Br)OCO2. The number of hydrogen-bond acceptors (Lipinski definition) is 4. The predicted molar refractivity (Wildman–Crippen MR) is 63.7 cm³/mol. The van der Waals surface area contributed by atoms with Gasteiger partial charge in [0.1, 0.15) is 0 Å². The van der Waals surface area contributed by atoms with Crippen LogP contribution < -0.4 is 15.2 Å². The lowest BCUT2D eigenvalue weighted by atomic mass is 9.99. The highest BCUT2D eigenvalue weighted by molar-refractivity contribution is 9.10. The van der Waals surface area contributed by atoms with E-state index < -0.39 is 6.10 Å². The van der Waals surface area contributed by atoms with Gasteiger partial charge in [-0.25, -0.2) is 0 Å². The number of aliphatic hydroxyl groups excluding tert-OH is 1. The normalized spacial score (nSPS) is 15.2. The number of benzene rings is 1. The van der Waals surface area contributed by atoms with Crippen LogP contribution in [0.2, 0.25) is 0 Å². The molecule has 1 heterocycles. The summed E-state index contributed by atoms with van der Waals surface area (Å²) in [6.07, 6.45) is 0.129. The highest BCUT2D eigenvalue weighted by Crippen LogP contribution is 2.44. The molecule has 0 fully saturated rings.